The van der Waals surface area contributed by atoms with Crippen LogP contribution in [-0.4, -0.2) is 25.9 Å². The van der Waals surface area contributed by atoms with Gasteiger partial charge in [0.05, 0.1) is 4.92 Å². The van der Waals surface area contributed by atoms with Gasteiger partial charge < -0.3 is 5.73 Å². The van der Waals surface area contributed by atoms with E-state index in [1.165, 1.54) is 6.07 Å². The lowest BCUT2D eigenvalue weighted by atomic mass is 9.85. The summed E-state index contributed by atoms with van der Waals surface area (Å²) in [6.45, 7) is 3.74. The lowest BCUT2D eigenvalue weighted by Gasteiger charge is -2.31. The quantitative estimate of drug-likeness (QED) is 0.603. The van der Waals surface area contributed by atoms with Crippen molar-refractivity contribution in [2.24, 2.45) is 11.7 Å². The van der Waals surface area contributed by atoms with Crippen LogP contribution in [0.5, 0.6) is 0 Å². The molecule has 1 aliphatic rings. The highest BCUT2D eigenvalue weighted by atomic mass is 35.5. The molecule has 3 N–H and O–H groups in total. The molecule has 0 saturated heterocycles. The van der Waals surface area contributed by atoms with Gasteiger partial charge in [0, 0.05) is 12.1 Å². The van der Waals surface area contributed by atoms with Gasteiger partial charge in [0.15, 0.2) is 4.90 Å². The number of nitro benzene ring substituents is 1. The van der Waals surface area contributed by atoms with Crippen LogP contribution in [0.25, 0.3) is 0 Å². The summed E-state index contributed by atoms with van der Waals surface area (Å²) < 4.78 is 28.3. The monoisotopic (exact) mass is 377 g/mol. The van der Waals surface area contributed by atoms with E-state index in [1.807, 2.05) is 0 Å². The molecule has 0 amide bonds. The molecule has 0 radical (unpaired) electrons. The average Bonchev–Trinajstić information content (AvgIpc) is 2.49. The number of halogens is 1. The molecule has 1 aromatic carbocycles. The maximum absolute atomic E-state index is 12.8. The molecule has 0 aliphatic heterocycles. The van der Waals surface area contributed by atoms with Crippen LogP contribution in [0.15, 0.2) is 17.0 Å². The molecule has 1 saturated carbocycles. The molecule has 24 heavy (non-hydrogen) atoms. The number of nitrogens with one attached hydrogen (secondary N) is 1. The summed E-state index contributed by atoms with van der Waals surface area (Å²) in [5, 5.41) is 11.2. The smallest absolute Gasteiger partial charge is 0.289 e. The highest BCUT2D eigenvalue weighted by Crippen LogP contribution is 2.31. The summed E-state index contributed by atoms with van der Waals surface area (Å²) >= 11 is 0. The summed E-state index contributed by atoms with van der Waals surface area (Å²) in [6, 6.07) is 2.55. The molecule has 2 rings (SSSR count). The lowest BCUT2D eigenvalue weighted by molar-refractivity contribution is -0.387. The van der Waals surface area contributed by atoms with E-state index in [-0.39, 0.29) is 34.9 Å². The van der Waals surface area contributed by atoms with Crippen molar-refractivity contribution in [2.75, 3.05) is 6.54 Å². The molecule has 2 unspecified atom stereocenters. The van der Waals surface area contributed by atoms with Gasteiger partial charge in [0.1, 0.15) is 0 Å². The zero-order valence-corrected chi connectivity index (χ0v) is 15.5. The molecule has 2 atom stereocenters. The highest BCUT2D eigenvalue weighted by molar-refractivity contribution is 7.89. The van der Waals surface area contributed by atoms with Gasteiger partial charge in [0.2, 0.25) is 10.0 Å². The number of benzene rings is 1. The van der Waals surface area contributed by atoms with Gasteiger partial charge >= 0.3 is 0 Å². The predicted octanol–water partition coefficient (Wildman–Crippen LogP) is 2.43. The average molecular weight is 378 g/mol. The Kier molecular flexibility index (Phi) is 7.15. The second-order valence-corrected chi connectivity index (χ2v) is 7.77. The fourth-order valence-corrected chi connectivity index (χ4v) is 4.97. The maximum Gasteiger partial charge on any atom is 0.289 e. The van der Waals surface area contributed by atoms with Crippen LogP contribution in [0.3, 0.4) is 0 Å². The van der Waals surface area contributed by atoms with Crippen LogP contribution in [0.4, 0.5) is 5.69 Å². The third-order valence-corrected chi connectivity index (χ3v) is 6.31. The van der Waals surface area contributed by atoms with Crippen LogP contribution in [0.1, 0.15) is 36.8 Å². The summed E-state index contributed by atoms with van der Waals surface area (Å²) in [5.74, 6) is 0.0719. The maximum atomic E-state index is 12.8. The SMILES string of the molecule is Cc1ccc([N+](=O)[O-])c(S(=O)(=O)NC2CCCCC2CN)c1C.Cl. The van der Waals surface area contributed by atoms with Crippen molar-refractivity contribution in [1.29, 1.82) is 0 Å². The van der Waals surface area contributed by atoms with Crippen LogP contribution in [0, 0.1) is 29.9 Å². The lowest BCUT2D eigenvalue weighted by Crippen LogP contribution is -2.44. The number of sulfonamides is 1. The number of nitro groups is 1. The molecule has 0 spiro atoms. The molecule has 136 valence electrons. The first-order chi connectivity index (χ1) is 10.8. The van der Waals surface area contributed by atoms with Crippen molar-refractivity contribution in [3.8, 4) is 0 Å². The molecular weight excluding hydrogens is 354 g/mol. The van der Waals surface area contributed by atoms with E-state index in [2.05, 4.69) is 4.72 Å². The highest BCUT2D eigenvalue weighted by Gasteiger charge is 2.33. The zero-order chi connectivity index (χ0) is 17.2. The van der Waals surface area contributed by atoms with Gasteiger partial charge in [0.25, 0.3) is 5.69 Å². The molecule has 9 heteroatoms. The largest absolute Gasteiger partial charge is 0.330 e. The second-order valence-electron chi connectivity index (χ2n) is 6.12. The van der Waals surface area contributed by atoms with Crippen molar-refractivity contribution in [3.63, 3.8) is 0 Å². The summed E-state index contributed by atoms with van der Waals surface area (Å²) in [5.41, 5.74) is 6.46. The number of hydrogen-bond donors (Lipinski definition) is 2. The molecule has 0 heterocycles. The molecular formula is C15H24ClN3O4S. The Bertz CT molecular complexity index is 709. The van der Waals surface area contributed by atoms with Gasteiger partial charge in [-0.1, -0.05) is 18.9 Å². The summed E-state index contributed by atoms with van der Waals surface area (Å²) in [4.78, 5) is 10.4. The van der Waals surface area contributed by atoms with E-state index in [1.54, 1.807) is 19.9 Å². The van der Waals surface area contributed by atoms with Crippen LogP contribution < -0.4 is 10.5 Å². The van der Waals surface area contributed by atoms with E-state index in [0.29, 0.717) is 24.1 Å². The summed E-state index contributed by atoms with van der Waals surface area (Å²) in [7, 11) is -3.98. The number of nitrogens with zero attached hydrogens (tertiary/aromatic N) is 1. The minimum Gasteiger partial charge on any atom is -0.330 e. The van der Waals surface area contributed by atoms with Crippen molar-refractivity contribution in [3.05, 3.63) is 33.4 Å². The summed E-state index contributed by atoms with van der Waals surface area (Å²) in [6.07, 6.45) is 3.54. The third-order valence-electron chi connectivity index (χ3n) is 4.64. The van der Waals surface area contributed by atoms with Crippen LogP contribution >= 0.6 is 12.4 Å². The number of aryl methyl sites for hydroxylation is 1. The number of rotatable bonds is 5. The standard InChI is InChI=1S/C15H23N3O4S.ClH/c1-10-7-8-14(18(19)20)15(11(10)2)23(21,22)17-13-6-4-3-5-12(13)9-16;/h7-8,12-13,17H,3-6,9,16H2,1-2H3;1H. The second kappa shape index (κ2) is 8.24. The Labute approximate surface area is 148 Å². The van der Waals surface area contributed by atoms with E-state index >= 15 is 0 Å². The van der Waals surface area contributed by atoms with E-state index < -0.39 is 14.9 Å². The van der Waals surface area contributed by atoms with Crippen LogP contribution in [0.2, 0.25) is 0 Å². The van der Waals surface area contributed by atoms with Gasteiger partial charge in [-0.3, -0.25) is 10.1 Å². The third kappa shape index (κ3) is 4.24. The molecule has 1 aliphatic carbocycles. The van der Waals surface area contributed by atoms with E-state index in [0.717, 1.165) is 19.3 Å². The van der Waals surface area contributed by atoms with Crippen molar-refractivity contribution in [2.45, 2.75) is 50.5 Å². The van der Waals surface area contributed by atoms with Gasteiger partial charge in [-0.25, -0.2) is 13.1 Å². The topological polar surface area (TPSA) is 115 Å². The first-order valence-corrected chi connectivity index (χ1v) is 9.23. The molecule has 1 fully saturated rings. The van der Waals surface area contributed by atoms with Gasteiger partial charge in [-0.2, -0.15) is 0 Å². The number of nitrogens with two attached hydrogens (primary N) is 1. The minimum absolute atomic E-state index is 0. The normalized spacial score (nSPS) is 21.1. The Hall–Kier alpha value is -1.22. The zero-order valence-electron chi connectivity index (χ0n) is 13.8. The Balaban J connectivity index is 0.00000288. The van der Waals surface area contributed by atoms with E-state index in [9.17, 15) is 18.5 Å². The van der Waals surface area contributed by atoms with Gasteiger partial charge in [-0.15, -0.1) is 12.4 Å². The fourth-order valence-electron chi connectivity index (χ4n) is 3.16. The first kappa shape index (κ1) is 20.8. The Morgan fingerprint density at radius 2 is 1.92 bits per heavy atom. The molecule has 7 nitrogen and oxygen atoms in total. The fraction of sp³-hybridized carbons (Fsp3) is 0.600. The van der Waals surface area contributed by atoms with Crippen molar-refractivity contribution < 1.29 is 13.3 Å². The predicted molar refractivity (Wildman–Crippen MR) is 94.9 cm³/mol. The molecule has 1 aromatic rings. The Morgan fingerprint density at radius 3 is 2.50 bits per heavy atom. The molecule has 0 bridgehead atoms. The number of hydrogen-bond acceptors (Lipinski definition) is 5. The van der Waals surface area contributed by atoms with Gasteiger partial charge in [-0.05, 0) is 50.3 Å². The van der Waals surface area contributed by atoms with Crippen molar-refractivity contribution >= 4 is 28.1 Å². The van der Waals surface area contributed by atoms with Crippen LogP contribution in [-0.2, 0) is 10.0 Å². The minimum atomic E-state index is -3.98. The first-order valence-electron chi connectivity index (χ1n) is 7.75. The van der Waals surface area contributed by atoms with E-state index in [4.69, 9.17) is 5.73 Å². The van der Waals surface area contributed by atoms with Crippen molar-refractivity contribution in [1.82, 2.24) is 4.72 Å². The molecule has 0 aromatic heterocycles. The Morgan fingerprint density at radius 1 is 1.29 bits per heavy atom.